The van der Waals surface area contributed by atoms with Crippen LogP contribution >= 0.6 is 27.7 Å². The zero-order valence-electron chi connectivity index (χ0n) is 11.6. The van der Waals surface area contributed by atoms with E-state index in [0.29, 0.717) is 22.6 Å². The van der Waals surface area contributed by atoms with Crippen molar-refractivity contribution in [1.82, 2.24) is 5.32 Å². The maximum absolute atomic E-state index is 13.8. The number of hydrogen-bond donors (Lipinski definition) is 1. The Bertz CT molecular complexity index is 607. The van der Waals surface area contributed by atoms with Gasteiger partial charge in [0.05, 0.1) is 0 Å². The lowest BCUT2D eigenvalue weighted by Crippen LogP contribution is -2.30. The summed E-state index contributed by atoms with van der Waals surface area (Å²) in [4.78, 5) is 0.618. The van der Waals surface area contributed by atoms with E-state index in [-0.39, 0.29) is 17.7 Å². The van der Waals surface area contributed by atoms with Gasteiger partial charge in [-0.3, -0.25) is 0 Å². The molecular formula is C16H16BrF2NS. The first kappa shape index (κ1) is 16.5. The standard InChI is InChI=1S/C16H16BrF2NS/c1-20-13(9-11-8-12(17)6-7-14(11)18)10-21-16-5-3-2-4-15(16)19/h2-8,13,20H,9-10H2,1H3. The Kier molecular flexibility index (Phi) is 6.21. The van der Waals surface area contributed by atoms with Crippen molar-refractivity contribution in [2.24, 2.45) is 0 Å². The van der Waals surface area contributed by atoms with Crippen LogP contribution in [0.2, 0.25) is 0 Å². The van der Waals surface area contributed by atoms with Crippen molar-refractivity contribution >= 4 is 27.7 Å². The molecule has 0 aromatic heterocycles. The molecule has 0 spiro atoms. The van der Waals surface area contributed by atoms with Gasteiger partial charge in [-0.1, -0.05) is 28.1 Å². The van der Waals surface area contributed by atoms with Crippen molar-refractivity contribution in [3.8, 4) is 0 Å². The van der Waals surface area contributed by atoms with Crippen LogP contribution in [0.4, 0.5) is 8.78 Å². The van der Waals surface area contributed by atoms with Crippen LogP contribution < -0.4 is 5.32 Å². The van der Waals surface area contributed by atoms with Crippen molar-refractivity contribution in [3.05, 3.63) is 64.1 Å². The molecule has 0 aliphatic heterocycles. The van der Waals surface area contributed by atoms with Crippen LogP contribution in [-0.2, 0) is 6.42 Å². The second-order valence-electron chi connectivity index (χ2n) is 4.67. The Hall–Kier alpha value is -0.910. The lowest BCUT2D eigenvalue weighted by Gasteiger charge is -2.16. The van der Waals surface area contributed by atoms with E-state index < -0.39 is 0 Å². The maximum Gasteiger partial charge on any atom is 0.136 e. The Balaban J connectivity index is 2.00. The second kappa shape index (κ2) is 7.92. The SMILES string of the molecule is CNC(CSc1ccccc1F)Cc1cc(Br)ccc1F. The van der Waals surface area contributed by atoms with Crippen molar-refractivity contribution in [3.63, 3.8) is 0 Å². The molecule has 1 atom stereocenters. The Morgan fingerprint density at radius 3 is 2.62 bits per heavy atom. The van der Waals surface area contributed by atoms with Gasteiger partial charge in [0.15, 0.2) is 0 Å². The van der Waals surface area contributed by atoms with Crippen LogP contribution in [0.3, 0.4) is 0 Å². The molecule has 0 heterocycles. The molecule has 0 aliphatic carbocycles. The lowest BCUT2D eigenvalue weighted by atomic mass is 10.1. The molecule has 0 amide bonds. The molecule has 2 rings (SSSR count). The van der Waals surface area contributed by atoms with Gasteiger partial charge in [-0.15, -0.1) is 11.8 Å². The molecule has 0 aliphatic rings. The first-order valence-corrected chi connectivity index (χ1v) is 8.36. The van der Waals surface area contributed by atoms with Crippen LogP contribution in [0.1, 0.15) is 5.56 Å². The molecular weight excluding hydrogens is 356 g/mol. The fourth-order valence-corrected chi connectivity index (χ4v) is 3.42. The number of hydrogen-bond acceptors (Lipinski definition) is 2. The Morgan fingerprint density at radius 2 is 1.90 bits per heavy atom. The third-order valence-electron chi connectivity index (χ3n) is 3.16. The van der Waals surface area contributed by atoms with E-state index in [0.717, 1.165) is 4.47 Å². The summed E-state index contributed by atoms with van der Waals surface area (Å²) >= 11 is 4.79. The van der Waals surface area contributed by atoms with Gasteiger partial charge in [-0.2, -0.15) is 0 Å². The Morgan fingerprint density at radius 1 is 1.14 bits per heavy atom. The summed E-state index contributed by atoms with van der Waals surface area (Å²) in [5, 5.41) is 3.16. The molecule has 0 fully saturated rings. The smallest absolute Gasteiger partial charge is 0.136 e. The predicted octanol–water partition coefficient (Wildman–Crippen LogP) is 4.65. The van der Waals surface area contributed by atoms with E-state index in [1.165, 1.54) is 23.9 Å². The highest BCUT2D eigenvalue weighted by Crippen LogP contribution is 2.23. The zero-order valence-corrected chi connectivity index (χ0v) is 14.0. The van der Waals surface area contributed by atoms with E-state index in [1.807, 2.05) is 13.1 Å². The van der Waals surface area contributed by atoms with Crippen molar-refractivity contribution in [2.75, 3.05) is 12.8 Å². The summed E-state index contributed by atoms with van der Waals surface area (Å²) < 4.78 is 28.2. The van der Waals surface area contributed by atoms with Gasteiger partial charge in [-0.25, -0.2) is 8.78 Å². The molecule has 1 unspecified atom stereocenters. The van der Waals surface area contributed by atoms with Crippen LogP contribution in [0.15, 0.2) is 51.8 Å². The number of nitrogens with one attached hydrogen (secondary N) is 1. The van der Waals surface area contributed by atoms with Gasteiger partial charge in [0.2, 0.25) is 0 Å². The summed E-state index contributed by atoms with van der Waals surface area (Å²) in [5.41, 5.74) is 0.651. The molecule has 0 saturated carbocycles. The molecule has 112 valence electrons. The van der Waals surface area contributed by atoms with Gasteiger partial charge < -0.3 is 5.32 Å². The first-order chi connectivity index (χ1) is 10.1. The fraction of sp³-hybridized carbons (Fsp3) is 0.250. The number of halogens is 3. The summed E-state index contributed by atoms with van der Waals surface area (Å²) in [5.74, 6) is 0.240. The normalized spacial score (nSPS) is 12.4. The minimum atomic E-state index is -0.217. The molecule has 2 aromatic rings. The highest BCUT2D eigenvalue weighted by atomic mass is 79.9. The molecule has 0 bridgehead atoms. The van der Waals surface area contributed by atoms with E-state index >= 15 is 0 Å². The number of thioether (sulfide) groups is 1. The van der Waals surface area contributed by atoms with E-state index in [1.54, 1.807) is 24.3 Å². The molecule has 21 heavy (non-hydrogen) atoms. The molecule has 5 heteroatoms. The highest BCUT2D eigenvalue weighted by molar-refractivity contribution is 9.10. The Labute approximate surface area is 136 Å². The largest absolute Gasteiger partial charge is 0.316 e. The minimum absolute atomic E-state index is 0.0680. The van der Waals surface area contributed by atoms with Crippen molar-refractivity contribution < 1.29 is 8.78 Å². The maximum atomic E-state index is 13.8. The topological polar surface area (TPSA) is 12.0 Å². The minimum Gasteiger partial charge on any atom is -0.316 e. The van der Waals surface area contributed by atoms with Crippen molar-refractivity contribution in [2.45, 2.75) is 17.4 Å². The fourth-order valence-electron chi connectivity index (χ4n) is 1.96. The third kappa shape index (κ3) is 4.80. The molecule has 0 radical (unpaired) electrons. The van der Waals surface area contributed by atoms with Gasteiger partial charge in [0, 0.05) is 21.2 Å². The highest BCUT2D eigenvalue weighted by Gasteiger charge is 2.13. The molecule has 0 saturated heterocycles. The molecule has 1 nitrogen and oxygen atoms in total. The average molecular weight is 372 g/mol. The monoisotopic (exact) mass is 371 g/mol. The van der Waals surface area contributed by atoms with E-state index in [4.69, 9.17) is 0 Å². The lowest BCUT2D eigenvalue weighted by molar-refractivity contribution is 0.567. The third-order valence-corrected chi connectivity index (χ3v) is 4.86. The zero-order chi connectivity index (χ0) is 15.2. The summed E-state index contributed by atoms with van der Waals surface area (Å²) in [6.07, 6.45) is 0.559. The molecule has 2 aromatic carbocycles. The number of likely N-dealkylation sites (N-methyl/N-ethyl adjacent to an activating group) is 1. The first-order valence-electron chi connectivity index (χ1n) is 6.58. The van der Waals surface area contributed by atoms with Gasteiger partial charge in [-0.05, 0) is 49.4 Å². The van der Waals surface area contributed by atoms with Crippen molar-refractivity contribution in [1.29, 1.82) is 0 Å². The second-order valence-corrected chi connectivity index (χ2v) is 6.64. The molecule has 1 N–H and O–H groups in total. The predicted molar refractivity (Wildman–Crippen MR) is 87.8 cm³/mol. The number of rotatable bonds is 6. The summed E-state index contributed by atoms with van der Waals surface area (Å²) in [6.45, 7) is 0. The summed E-state index contributed by atoms with van der Waals surface area (Å²) in [6, 6.07) is 11.7. The summed E-state index contributed by atoms with van der Waals surface area (Å²) in [7, 11) is 1.84. The van der Waals surface area contributed by atoms with E-state index in [2.05, 4.69) is 21.2 Å². The quantitative estimate of drug-likeness (QED) is 0.741. The van der Waals surface area contributed by atoms with Crippen LogP contribution in [0.25, 0.3) is 0 Å². The average Bonchev–Trinajstić information content (AvgIpc) is 2.48. The van der Waals surface area contributed by atoms with E-state index in [9.17, 15) is 8.78 Å². The van der Waals surface area contributed by atoms with Crippen LogP contribution in [0, 0.1) is 11.6 Å². The van der Waals surface area contributed by atoms with Gasteiger partial charge in [0.1, 0.15) is 11.6 Å². The number of benzene rings is 2. The van der Waals surface area contributed by atoms with Gasteiger partial charge in [0.25, 0.3) is 0 Å². The van der Waals surface area contributed by atoms with Crippen LogP contribution in [-0.4, -0.2) is 18.8 Å². The van der Waals surface area contributed by atoms with Gasteiger partial charge >= 0.3 is 0 Å². The van der Waals surface area contributed by atoms with Crippen LogP contribution in [0.5, 0.6) is 0 Å².